The van der Waals surface area contributed by atoms with Crippen LogP contribution in [0.2, 0.25) is 0 Å². The van der Waals surface area contributed by atoms with Gasteiger partial charge in [0.2, 0.25) is 0 Å². The number of nitrogens with one attached hydrogen (secondary N) is 1. The van der Waals surface area contributed by atoms with Crippen LogP contribution in [0, 0.1) is 5.92 Å². The first kappa shape index (κ1) is 28.8. The van der Waals surface area contributed by atoms with Gasteiger partial charge in [-0.15, -0.1) is 11.3 Å². The summed E-state index contributed by atoms with van der Waals surface area (Å²) in [6.07, 6.45) is 0. The molecule has 2 atom stereocenters. The Morgan fingerprint density at radius 3 is 2.48 bits per heavy atom. The molecular weight excluding hydrogens is 530 g/mol. The van der Waals surface area contributed by atoms with E-state index in [1.165, 1.54) is 11.3 Å². The van der Waals surface area contributed by atoms with Crippen LogP contribution in [-0.4, -0.2) is 50.1 Å². The van der Waals surface area contributed by atoms with E-state index in [4.69, 9.17) is 23.9 Å². The van der Waals surface area contributed by atoms with Crippen LogP contribution in [0.4, 0.5) is 10.8 Å². The number of carbonyl (C=O) groups is 2. The maximum atomic E-state index is 13.1. The first-order valence-electron chi connectivity index (χ1n) is 13.0. The van der Waals surface area contributed by atoms with Crippen molar-refractivity contribution in [2.45, 2.75) is 33.6 Å². The number of allylic oxidation sites excluding steroid dienone is 1. The van der Waals surface area contributed by atoms with Crippen molar-refractivity contribution < 1.29 is 28.5 Å². The molecule has 2 aromatic carbocycles. The summed E-state index contributed by atoms with van der Waals surface area (Å²) >= 11 is 1.44. The molecule has 0 radical (unpaired) electrons. The van der Waals surface area contributed by atoms with Crippen LogP contribution in [0.3, 0.4) is 0 Å². The third kappa shape index (κ3) is 6.02. The predicted molar refractivity (Wildman–Crippen MR) is 156 cm³/mol. The number of anilines is 2. The van der Waals surface area contributed by atoms with Crippen LogP contribution >= 0.6 is 11.3 Å². The van der Waals surface area contributed by atoms with Crippen molar-refractivity contribution in [3.8, 4) is 22.8 Å². The Morgan fingerprint density at radius 1 is 1.00 bits per heavy atom. The molecule has 4 rings (SSSR count). The topological polar surface area (TPSA) is 108 Å². The Balaban J connectivity index is 1.70. The van der Waals surface area contributed by atoms with Crippen LogP contribution in [0.15, 0.2) is 64.1 Å². The number of nitrogens with zero attached hydrogens (tertiary/aromatic N) is 2. The molecule has 0 bridgehead atoms. The highest BCUT2D eigenvalue weighted by Crippen LogP contribution is 2.41. The van der Waals surface area contributed by atoms with Crippen LogP contribution in [-0.2, 0) is 19.1 Å². The monoisotopic (exact) mass is 563 g/mol. The van der Waals surface area contributed by atoms with E-state index < -0.39 is 23.8 Å². The number of esters is 2. The van der Waals surface area contributed by atoms with Crippen molar-refractivity contribution in [2.24, 2.45) is 10.9 Å². The highest BCUT2D eigenvalue weighted by atomic mass is 32.1. The fourth-order valence-electron chi connectivity index (χ4n) is 4.81. The molecule has 3 aromatic rings. The molecule has 10 heteroatoms. The summed E-state index contributed by atoms with van der Waals surface area (Å²) in [5, 5.41) is 5.96. The summed E-state index contributed by atoms with van der Waals surface area (Å²) < 4.78 is 21.7. The van der Waals surface area contributed by atoms with Crippen LogP contribution in [0.5, 0.6) is 11.5 Å². The molecule has 210 valence electrons. The molecule has 1 aromatic heterocycles. The number of rotatable bonds is 10. The van der Waals surface area contributed by atoms with E-state index in [0.29, 0.717) is 33.6 Å². The lowest BCUT2D eigenvalue weighted by atomic mass is 9.75. The molecule has 0 fully saturated rings. The lowest BCUT2D eigenvalue weighted by Gasteiger charge is -2.31. The zero-order valence-corrected chi connectivity index (χ0v) is 24.3. The minimum Gasteiger partial charge on any atom is -0.497 e. The second-order valence-corrected chi connectivity index (χ2v) is 9.89. The third-order valence-electron chi connectivity index (χ3n) is 6.55. The molecule has 1 N–H and O–H groups in total. The molecule has 2 heterocycles. The van der Waals surface area contributed by atoms with Gasteiger partial charge in [-0.2, -0.15) is 0 Å². The molecule has 0 amide bonds. The summed E-state index contributed by atoms with van der Waals surface area (Å²) in [6.45, 7) is 7.47. The Labute approximate surface area is 237 Å². The maximum Gasteiger partial charge on any atom is 0.336 e. The average Bonchev–Trinajstić information content (AvgIpc) is 3.40. The van der Waals surface area contributed by atoms with Gasteiger partial charge in [0.1, 0.15) is 17.4 Å². The number of hydrogen-bond donors (Lipinski definition) is 1. The van der Waals surface area contributed by atoms with Gasteiger partial charge < -0.3 is 24.3 Å². The van der Waals surface area contributed by atoms with Crippen LogP contribution < -0.4 is 14.8 Å². The highest BCUT2D eigenvalue weighted by Gasteiger charge is 2.42. The molecule has 1 aliphatic rings. The van der Waals surface area contributed by atoms with Gasteiger partial charge >= 0.3 is 11.9 Å². The minimum atomic E-state index is -0.759. The van der Waals surface area contributed by atoms with Crippen molar-refractivity contribution in [1.82, 2.24) is 4.98 Å². The fourth-order valence-corrected chi connectivity index (χ4v) is 5.54. The Hall–Kier alpha value is -4.18. The average molecular weight is 564 g/mol. The first-order valence-corrected chi connectivity index (χ1v) is 13.8. The van der Waals surface area contributed by atoms with E-state index >= 15 is 0 Å². The number of thiazole rings is 1. The van der Waals surface area contributed by atoms with E-state index in [1.807, 2.05) is 47.8 Å². The highest BCUT2D eigenvalue weighted by molar-refractivity contribution is 7.14. The zero-order valence-electron chi connectivity index (χ0n) is 23.4. The largest absolute Gasteiger partial charge is 0.497 e. The SMILES string of the molecule is CCOC(=O)C1=C(C)N=C(C)C(C(=O)OCC)C1c1cccc(Nc2nc(-c3cc(OC)ccc3OC)cs2)c1. The van der Waals surface area contributed by atoms with Gasteiger partial charge in [-0.25, -0.2) is 9.78 Å². The molecule has 0 saturated heterocycles. The van der Waals surface area contributed by atoms with E-state index in [1.54, 1.807) is 41.9 Å². The minimum absolute atomic E-state index is 0.209. The standard InChI is InChI=1S/C30H33N3O6S/c1-7-38-28(34)25-17(3)31-18(4)26(29(35)39-8-2)27(25)19-10-9-11-20(14-19)32-30-33-23(16-40-30)22-15-21(36-5)12-13-24(22)37-6/h9-16,25,27H,7-8H2,1-6H3,(H,32,33). The summed E-state index contributed by atoms with van der Waals surface area (Å²) in [6, 6.07) is 13.1. The summed E-state index contributed by atoms with van der Waals surface area (Å²) in [7, 11) is 3.23. The van der Waals surface area contributed by atoms with E-state index in [2.05, 4.69) is 10.3 Å². The molecule has 40 heavy (non-hydrogen) atoms. The number of ether oxygens (including phenoxy) is 4. The molecule has 0 spiro atoms. The zero-order chi connectivity index (χ0) is 28.8. The molecule has 0 saturated carbocycles. The fraction of sp³-hybridized carbons (Fsp3) is 0.333. The number of carbonyl (C=O) groups excluding carboxylic acids is 2. The van der Waals surface area contributed by atoms with Gasteiger partial charge in [0.15, 0.2) is 5.13 Å². The van der Waals surface area contributed by atoms with Crippen molar-refractivity contribution >= 4 is 39.8 Å². The number of methoxy groups -OCH3 is 2. The second kappa shape index (κ2) is 12.8. The molecular formula is C30H33N3O6S. The number of hydrogen-bond acceptors (Lipinski definition) is 10. The van der Waals surface area contributed by atoms with Gasteiger partial charge in [-0.3, -0.25) is 9.79 Å². The van der Waals surface area contributed by atoms with E-state index in [0.717, 1.165) is 22.5 Å². The molecule has 9 nitrogen and oxygen atoms in total. The quantitative estimate of drug-likeness (QED) is 0.293. The number of aliphatic imine (C=N–C) groups is 1. The Morgan fingerprint density at radius 2 is 1.77 bits per heavy atom. The summed E-state index contributed by atoms with van der Waals surface area (Å²) in [5.74, 6) is -0.915. The van der Waals surface area contributed by atoms with Gasteiger partial charge in [0.25, 0.3) is 0 Å². The van der Waals surface area contributed by atoms with Crippen molar-refractivity contribution in [3.05, 3.63) is 64.7 Å². The molecule has 0 aliphatic carbocycles. The Bertz CT molecular complexity index is 1460. The van der Waals surface area contributed by atoms with Gasteiger partial charge in [-0.05, 0) is 63.6 Å². The predicted octanol–water partition coefficient (Wildman–Crippen LogP) is 6.15. The van der Waals surface area contributed by atoms with E-state index in [9.17, 15) is 9.59 Å². The summed E-state index contributed by atoms with van der Waals surface area (Å²) in [5.41, 5.74) is 4.52. The van der Waals surface area contributed by atoms with Gasteiger partial charge in [-0.1, -0.05) is 12.1 Å². The Kier molecular flexibility index (Phi) is 9.21. The smallest absolute Gasteiger partial charge is 0.336 e. The van der Waals surface area contributed by atoms with Crippen molar-refractivity contribution in [3.63, 3.8) is 0 Å². The third-order valence-corrected chi connectivity index (χ3v) is 7.31. The van der Waals surface area contributed by atoms with E-state index in [-0.39, 0.29) is 13.2 Å². The van der Waals surface area contributed by atoms with Crippen LogP contribution in [0.1, 0.15) is 39.2 Å². The van der Waals surface area contributed by atoms with Crippen molar-refractivity contribution in [2.75, 3.05) is 32.8 Å². The van der Waals surface area contributed by atoms with Crippen LogP contribution in [0.25, 0.3) is 11.3 Å². The number of benzene rings is 2. The van der Waals surface area contributed by atoms with Gasteiger partial charge in [0.05, 0.1) is 38.7 Å². The lowest BCUT2D eigenvalue weighted by Crippen LogP contribution is -2.36. The van der Waals surface area contributed by atoms with Crippen molar-refractivity contribution in [1.29, 1.82) is 0 Å². The normalized spacial score (nSPS) is 16.7. The number of aromatic nitrogens is 1. The van der Waals surface area contributed by atoms with Gasteiger partial charge in [0, 0.05) is 34.0 Å². The molecule has 1 aliphatic heterocycles. The molecule has 2 unspecified atom stereocenters. The summed E-state index contributed by atoms with van der Waals surface area (Å²) in [4.78, 5) is 35.5. The second-order valence-electron chi connectivity index (χ2n) is 9.03. The maximum absolute atomic E-state index is 13.1. The first-order chi connectivity index (χ1) is 19.3. The lowest BCUT2D eigenvalue weighted by molar-refractivity contribution is -0.146.